The van der Waals surface area contributed by atoms with Crippen LogP contribution in [0.1, 0.15) is 123 Å². The van der Waals surface area contributed by atoms with Crippen LogP contribution in [0.5, 0.6) is 23.0 Å². The molecule has 3 aliphatic heterocycles. The summed E-state index contributed by atoms with van der Waals surface area (Å²) in [6.45, 7) is 14.9. The second kappa shape index (κ2) is 39.8. The zero-order valence-electron chi connectivity index (χ0n) is 62.1. The number of carbonyl (C=O) groups is 9. The van der Waals surface area contributed by atoms with Crippen molar-refractivity contribution in [2.24, 2.45) is 0 Å². The molecule has 35 heteroatoms. The maximum atomic E-state index is 14.9. The van der Waals surface area contributed by atoms with E-state index in [-0.39, 0.29) is 203 Å². The van der Waals surface area contributed by atoms with E-state index >= 15 is 0 Å². The van der Waals surface area contributed by atoms with Crippen LogP contribution in [-0.4, -0.2) is 313 Å². The molecule has 3 fully saturated rings. The van der Waals surface area contributed by atoms with Gasteiger partial charge in [-0.25, -0.2) is 0 Å². The molecule has 11 N–H and O–H groups in total. The van der Waals surface area contributed by atoms with E-state index in [0.717, 1.165) is 11.1 Å². The van der Waals surface area contributed by atoms with Crippen LogP contribution < -0.4 is 16.0 Å². The quantitative estimate of drug-likeness (QED) is 0.0309. The number of carboxylic acid groups (broad SMARTS) is 4. The summed E-state index contributed by atoms with van der Waals surface area (Å²) in [6, 6.07) is 18.0. The number of nitrogens with zero attached hydrogens (tertiary/aromatic N) is 14. The Morgan fingerprint density at radius 1 is 0.450 bits per heavy atom. The van der Waals surface area contributed by atoms with Gasteiger partial charge in [0.05, 0.1) is 30.8 Å². The minimum Gasteiger partial charge on any atom is -0.508 e. The third-order valence-electron chi connectivity index (χ3n) is 19.6. The molecule has 3 aliphatic rings. The van der Waals surface area contributed by atoms with Gasteiger partial charge in [0.25, 0.3) is 11.8 Å². The van der Waals surface area contributed by atoms with Crippen LogP contribution in [0.3, 0.4) is 0 Å². The van der Waals surface area contributed by atoms with E-state index in [1.807, 2.05) is 64.1 Å². The van der Waals surface area contributed by atoms with Crippen LogP contribution in [0.4, 0.5) is 0 Å². The van der Waals surface area contributed by atoms with Gasteiger partial charge in [0, 0.05) is 204 Å². The van der Waals surface area contributed by atoms with Gasteiger partial charge in [-0.3, -0.25) is 81.7 Å². The van der Waals surface area contributed by atoms with Crippen LogP contribution in [0, 0.1) is 36.9 Å². The first-order valence-electron chi connectivity index (χ1n) is 36.5. The molecular weight excluding hydrogens is 1570 g/mol. The number of nitrogens with one attached hydrogen (secondary N) is 3. The van der Waals surface area contributed by atoms with E-state index in [1.165, 1.54) is 16.7 Å². The first kappa shape index (κ1) is 85.2. The van der Waals surface area contributed by atoms with Crippen molar-refractivity contribution in [1.82, 2.24) is 84.7 Å². The van der Waals surface area contributed by atoms with E-state index in [2.05, 4.69) is 46.1 Å². The summed E-state index contributed by atoms with van der Waals surface area (Å²) in [5.74, 6) is -7.65. The molecule has 0 aliphatic carbocycles. The van der Waals surface area contributed by atoms with E-state index in [1.54, 1.807) is 72.1 Å². The van der Waals surface area contributed by atoms with Crippen molar-refractivity contribution in [2.75, 3.05) is 137 Å². The normalized spacial score (nSPS) is 16.2. The van der Waals surface area contributed by atoms with Crippen molar-refractivity contribution in [3.8, 4) is 57.1 Å². The van der Waals surface area contributed by atoms with E-state index in [9.17, 15) is 84.0 Å². The molecular formula is C74H99LuN17O17. The van der Waals surface area contributed by atoms with E-state index in [4.69, 9.17) is 0 Å². The maximum absolute atomic E-state index is 14.9. The van der Waals surface area contributed by atoms with Crippen molar-refractivity contribution < 1.29 is 121 Å². The number of aromatic hydroxyl groups is 4. The van der Waals surface area contributed by atoms with Crippen molar-refractivity contribution in [2.45, 2.75) is 104 Å². The molecule has 2 atom stereocenters. The molecule has 6 aromatic rings. The number of aliphatic carboxylic acids is 4. The van der Waals surface area contributed by atoms with Gasteiger partial charge in [-0.15, -0.1) is 20.4 Å². The molecule has 3 saturated heterocycles. The molecule has 0 bridgehead atoms. The number of aromatic nitrogens is 6. The van der Waals surface area contributed by atoms with Gasteiger partial charge in [0.2, 0.25) is 29.4 Å². The number of piperazine rings is 2. The summed E-state index contributed by atoms with van der Waals surface area (Å²) < 4.78 is 3.09. The summed E-state index contributed by atoms with van der Waals surface area (Å²) in [6.07, 6.45) is -0.892. The van der Waals surface area contributed by atoms with Crippen molar-refractivity contribution in [1.29, 1.82) is 0 Å². The van der Waals surface area contributed by atoms with Gasteiger partial charge in [-0.05, 0) is 97.2 Å². The Morgan fingerprint density at radius 2 is 0.826 bits per heavy atom. The van der Waals surface area contributed by atoms with Crippen molar-refractivity contribution in [3.63, 3.8) is 0 Å². The Balaban J connectivity index is 0.0000150. The Morgan fingerprint density at radius 3 is 1.19 bits per heavy atom. The number of hydrogen-bond donors (Lipinski definition) is 11. The molecule has 0 saturated carbocycles. The summed E-state index contributed by atoms with van der Waals surface area (Å²) >= 11 is 0. The van der Waals surface area contributed by atoms with Crippen LogP contribution in [0.2, 0.25) is 0 Å². The average molecular weight is 1670 g/mol. The van der Waals surface area contributed by atoms with Crippen LogP contribution >= 0.6 is 0 Å². The number of phenols is 4. The number of amides is 5. The molecule has 109 heavy (non-hydrogen) atoms. The monoisotopic (exact) mass is 1670 g/mol. The summed E-state index contributed by atoms with van der Waals surface area (Å²) in [4.78, 5) is 133. The standard InChI is InChI=1S/C74H99N17O17.Lu/c1-7-75-71(104)69-80-78-67(54-37-52(46(3)4)58(92)39-60(54)94)90(69)50-13-9-48(10-14-50)41-82-27-33-88(34-28-82)63(97)20-17-56(77-62(96)19-18-57(74(107)108)87-31-25-85(44-65(100)101)23-21-84(43-64(98)99)22-24-86(26-32-87)45-66(102)103)73(106)89-35-29-83(30-36-89)42-49-11-15-51(16-12-49)91-68(79-81-70(91)72(105)76-8-2)55-38-53(47(5)6)59(93)40-61(55)95;/h9-16,37-40,46-47,56-57,92-95H,7-8,17-36,41-45H2,1-6H3,(H,75,104)(H,76,105)(H,77,96)(H,98,99)(H,100,101)(H,102,103)(H,107,108);/t56-,57-;/m1./s1. The van der Waals surface area contributed by atoms with Crippen LogP contribution in [0.25, 0.3) is 34.2 Å². The Hall–Kier alpha value is -9.42. The zero-order valence-corrected chi connectivity index (χ0v) is 63.8. The van der Waals surface area contributed by atoms with Crippen LogP contribution in [-0.2, 0) is 46.7 Å². The second-order valence-electron chi connectivity index (χ2n) is 27.9. The summed E-state index contributed by atoms with van der Waals surface area (Å²) in [7, 11) is 0. The maximum Gasteiger partial charge on any atom is 0.320 e. The largest absolute Gasteiger partial charge is 0.508 e. The minimum atomic E-state index is -1.34. The third-order valence-corrected chi connectivity index (χ3v) is 19.6. The molecule has 4 aromatic carbocycles. The van der Waals surface area contributed by atoms with E-state index < -0.39 is 79.1 Å². The SMILES string of the molecule is CCNC(=O)c1nnc(-c2cc(C(C)C)c(O)cc2O)n1-c1ccc(CN2CCN(C(=O)CC[C@@H](NC(=O)CC[C@H](C(=O)O)N3CCN(CC(=O)O)CCN(CC(=O)O)CCN(CC(=O)O)CC3)C(=O)N3CCN(Cc4ccc(-n5c(C(=O)NCC)nnc5-c5cc(C(C)C)c(O)cc5O)cc4)CC3)CC2)cc1.[Lu]. The number of rotatable bonds is 30. The molecule has 5 amide bonds. The predicted octanol–water partition coefficient (Wildman–Crippen LogP) is 2.71. The van der Waals surface area contributed by atoms with Crippen LogP contribution in [0.15, 0.2) is 72.8 Å². The number of hydrogen-bond acceptors (Lipinski definition) is 23. The van der Waals surface area contributed by atoms with Gasteiger partial charge in [0.1, 0.15) is 35.1 Å². The molecule has 597 valence electrons. The van der Waals surface area contributed by atoms with E-state index in [0.29, 0.717) is 87.9 Å². The van der Waals surface area contributed by atoms with Gasteiger partial charge in [-0.1, -0.05) is 52.0 Å². The predicted molar refractivity (Wildman–Crippen MR) is 394 cm³/mol. The Bertz CT molecular complexity index is 4150. The molecule has 34 nitrogen and oxygen atoms in total. The first-order valence-corrected chi connectivity index (χ1v) is 36.5. The van der Waals surface area contributed by atoms with Gasteiger partial charge >= 0.3 is 23.9 Å². The number of carboxylic acids is 4. The first-order chi connectivity index (χ1) is 51.6. The van der Waals surface area contributed by atoms with Gasteiger partial charge in [0.15, 0.2) is 11.6 Å². The fourth-order valence-corrected chi connectivity index (χ4v) is 13.8. The summed E-state index contributed by atoms with van der Waals surface area (Å²) in [5, 5.41) is 109. The molecule has 0 unspecified atom stereocenters. The number of carbonyl (C=O) groups excluding carboxylic acids is 5. The molecule has 0 spiro atoms. The minimum absolute atomic E-state index is 0. The number of benzene rings is 4. The molecule has 9 rings (SSSR count). The average Bonchev–Trinajstić information content (AvgIpc) is 1.72. The number of phenolic OH excluding ortho intramolecular Hbond substituents is 4. The van der Waals surface area contributed by atoms with Gasteiger partial charge < -0.3 is 66.6 Å². The zero-order chi connectivity index (χ0) is 78.0. The smallest absolute Gasteiger partial charge is 0.320 e. The van der Waals surface area contributed by atoms with Gasteiger partial charge in [-0.2, -0.15) is 0 Å². The fourth-order valence-electron chi connectivity index (χ4n) is 13.8. The second-order valence-corrected chi connectivity index (χ2v) is 27.9. The Kier molecular flexibility index (Phi) is 31.1. The Labute approximate surface area is 660 Å². The summed E-state index contributed by atoms with van der Waals surface area (Å²) in [5.41, 5.74) is 4.51. The van der Waals surface area contributed by atoms with Crippen molar-refractivity contribution in [3.05, 3.63) is 107 Å². The van der Waals surface area contributed by atoms with Crippen molar-refractivity contribution >= 4 is 53.4 Å². The molecule has 2 aromatic heterocycles. The molecule has 1 radical (unpaired) electrons. The third kappa shape index (κ3) is 22.9. The topological polar surface area (TPSA) is 439 Å². The molecule has 5 heterocycles. The fraction of sp³-hybridized carbons (Fsp3) is 0.500.